The molecule has 1 aliphatic rings. The van der Waals surface area contributed by atoms with Crippen molar-refractivity contribution in [2.75, 3.05) is 18.4 Å². The molecule has 1 saturated heterocycles. The molecule has 0 atom stereocenters. The Morgan fingerprint density at radius 2 is 2.18 bits per heavy atom. The van der Waals surface area contributed by atoms with E-state index in [4.69, 9.17) is 0 Å². The van der Waals surface area contributed by atoms with Crippen molar-refractivity contribution in [3.8, 4) is 0 Å². The number of carbonyl (C=O) groups is 1. The highest BCUT2D eigenvalue weighted by Gasteiger charge is 2.18. The maximum absolute atomic E-state index is 11.9. The van der Waals surface area contributed by atoms with E-state index in [0.29, 0.717) is 23.9 Å². The smallest absolute Gasteiger partial charge is 0.226 e. The molecule has 0 aliphatic carbocycles. The summed E-state index contributed by atoms with van der Waals surface area (Å²) in [7, 11) is 0. The van der Waals surface area contributed by atoms with Gasteiger partial charge in [-0.2, -0.15) is 0 Å². The van der Waals surface area contributed by atoms with E-state index in [1.807, 2.05) is 11.6 Å². The lowest BCUT2D eigenvalue weighted by atomic mass is 9.97. The van der Waals surface area contributed by atoms with Crippen LogP contribution in [0.1, 0.15) is 35.1 Å². The molecule has 2 aromatic heterocycles. The molecule has 8 heteroatoms. The zero-order valence-corrected chi connectivity index (χ0v) is 14.5. The zero-order valence-electron chi connectivity index (χ0n) is 12.1. The molecule has 22 heavy (non-hydrogen) atoms. The quantitative estimate of drug-likeness (QED) is 0.862. The molecule has 3 heterocycles. The van der Waals surface area contributed by atoms with Gasteiger partial charge in [-0.25, -0.2) is 9.97 Å². The summed E-state index contributed by atoms with van der Waals surface area (Å²) in [6.07, 6.45) is 7.13. The Kier molecular flexibility index (Phi) is 6.75. The first-order valence-electron chi connectivity index (χ1n) is 7.16. The van der Waals surface area contributed by atoms with Crippen LogP contribution in [0.25, 0.3) is 0 Å². The van der Waals surface area contributed by atoms with E-state index in [2.05, 4.69) is 20.6 Å². The van der Waals surface area contributed by atoms with Crippen molar-refractivity contribution in [2.24, 2.45) is 0 Å². The van der Waals surface area contributed by atoms with Crippen molar-refractivity contribution in [1.29, 1.82) is 0 Å². The van der Waals surface area contributed by atoms with Crippen LogP contribution in [0.5, 0.6) is 0 Å². The minimum absolute atomic E-state index is 0. The number of aromatic nitrogens is 2. The average molecular weight is 359 g/mol. The number of anilines is 1. The number of hydrogen-bond acceptors (Lipinski definition) is 6. The minimum atomic E-state index is 0. The number of nitrogens with zero attached hydrogens (tertiary/aromatic N) is 2. The highest BCUT2D eigenvalue weighted by Crippen LogP contribution is 2.31. The molecule has 0 radical (unpaired) electrons. The summed E-state index contributed by atoms with van der Waals surface area (Å²) in [5, 5.41) is 9.90. The average Bonchev–Trinajstić information content (AvgIpc) is 3.17. The minimum Gasteiger partial charge on any atom is -0.317 e. The molecular weight excluding hydrogens is 340 g/mol. The number of carbonyl (C=O) groups excluding carboxylic acids is 1. The van der Waals surface area contributed by atoms with Gasteiger partial charge in [-0.3, -0.25) is 4.79 Å². The highest BCUT2D eigenvalue weighted by molar-refractivity contribution is 7.15. The predicted octanol–water partition coefficient (Wildman–Crippen LogP) is 3.06. The number of aryl methyl sites for hydroxylation is 1. The second-order valence-electron chi connectivity index (χ2n) is 5.07. The van der Waals surface area contributed by atoms with Crippen molar-refractivity contribution < 1.29 is 4.79 Å². The van der Waals surface area contributed by atoms with Crippen molar-refractivity contribution >= 4 is 46.1 Å². The van der Waals surface area contributed by atoms with Crippen LogP contribution < -0.4 is 10.6 Å². The van der Waals surface area contributed by atoms with E-state index < -0.39 is 0 Å². The normalized spacial score (nSPS) is 15.3. The Hall–Kier alpha value is -1.02. The first-order valence-corrected chi connectivity index (χ1v) is 8.85. The Bertz CT molecular complexity index is 581. The fraction of sp³-hybridized carbons (Fsp3) is 0.500. The topological polar surface area (TPSA) is 66.9 Å². The number of amides is 1. The maximum atomic E-state index is 11.9. The van der Waals surface area contributed by atoms with E-state index in [1.165, 1.54) is 4.88 Å². The first-order chi connectivity index (χ1) is 10.3. The van der Waals surface area contributed by atoms with Gasteiger partial charge in [0.1, 0.15) is 0 Å². The van der Waals surface area contributed by atoms with Crippen molar-refractivity contribution in [3.63, 3.8) is 0 Å². The molecule has 2 N–H and O–H groups in total. The molecule has 5 nitrogen and oxygen atoms in total. The number of piperidine rings is 1. The van der Waals surface area contributed by atoms with Gasteiger partial charge in [0, 0.05) is 35.5 Å². The first kappa shape index (κ1) is 17.3. The summed E-state index contributed by atoms with van der Waals surface area (Å²) in [6.45, 7) is 2.14. The van der Waals surface area contributed by atoms with Gasteiger partial charge in [0.25, 0.3) is 0 Å². The second kappa shape index (κ2) is 8.57. The number of hydrogen-bond donors (Lipinski definition) is 2. The summed E-state index contributed by atoms with van der Waals surface area (Å²) in [4.78, 5) is 21.7. The molecule has 0 unspecified atom stereocenters. The Morgan fingerprint density at radius 1 is 1.36 bits per heavy atom. The van der Waals surface area contributed by atoms with Gasteiger partial charge < -0.3 is 10.6 Å². The Balaban J connectivity index is 0.00000176. The molecule has 1 amide bonds. The number of thiazole rings is 2. The third kappa shape index (κ3) is 4.74. The molecule has 120 valence electrons. The van der Waals surface area contributed by atoms with Crippen LogP contribution in [0.15, 0.2) is 17.8 Å². The van der Waals surface area contributed by atoms with Crippen molar-refractivity contribution in [2.45, 2.75) is 31.6 Å². The van der Waals surface area contributed by atoms with Gasteiger partial charge in [-0.15, -0.1) is 35.1 Å². The SMILES string of the molecule is Cl.O=C(CCc1nccs1)Nc1ncc(C2CCNCC2)s1. The van der Waals surface area contributed by atoms with Gasteiger partial charge >= 0.3 is 0 Å². The molecule has 1 aliphatic heterocycles. The Labute approximate surface area is 144 Å². The molecule has 0 spiro atoms. The van der Waals surface area contributed by atoms with Crippen molar-refractivity contribution in [1.82, 2.24) is 15.3 Å². The van der Waals surface area contributed by atoms with Crippen LogP contribution in [0, 0.1) is 0 Å². The number of halogens is 1. The van der Waals surface area contributed by atoms with Gasteiger partial charge in [0.15, 0.2) is 5.13 Å². The lowest BCUT2D eigenvalue weighted by molar-refractivity contribution is -0.116. The maximum Gasteiger partial charge on any atom is 0.226 e. The van der Waals surface area contributed by atoms with E-state index in [-0.39, 0.29) is 18.3 Å². The predicted molar refractivity (Wildman–Crippen MR) is 93.3 cm³/mol. The zero-order chi connectivity index (χ0) is 14.5. The molecule has 2 aromatic rings. The lowest BCUT2D eigenvalue weighted by Crippen LogP contribution is -2.26. The van der Waals surface area contributed by atoms with Crippen LogP contribution in [-0.4, -0.2) is 29.0 Å². The highest BCUT2D eigenvalue weighted by atomic mass is 35.5. The summed E-state index contributed by atoms with van der Waals surface area (Å²) in [5.41, 5.74) is 0. The van der Waals surface area contributed by atoms with Gasteiger partial charge in [0.2, 0.25) is 5.91 Å². The van der Waals surface area contributed by atoms with E-state index >= 15 is 0 Å². The summed E-state index contributed by atoms with van der Waals surface area (Å²) < 4.78 is 0. The lowest BCUT2D eigenvalue weighted by Gasteiger charge is -2.20. The fourth-order valence-corrected chi connectivity index (χ4v) is 4.04. The van der Waals surface area contributed by atoms with Crippen LogP contribution in [0.4, 0.5) is 5.13 Å². The largest absolute Gasteiger partial charge is 0.317 e. The summed E-state index contributed by atoms with van der Waals surface area (Å²) >= 11 is 3.19. The van der Waals surface area contributed by atoms with Crippen LogP contribution in [-0.2, 0) is 11.2 Å². The van der Waals surface area contributed by atoms with Gasteiger partial charge in [-0.1, -0.05) is 0 Å². The summed E-state index contributed by atoms with van der Waals surface area (Å²) in [5.74, 6) is 0.598. The number of nitrogens with one attached hydrogen (secondary N) is 2. The van der Waals surface area contributed by atoms with Gasteiger partial charge in [-0.05, 0) is 31.8 Å². The molecular formula is C14H19ClN4OS2. The van der Waals surface area contributed by atoms with E-state index in [1.54, 1.807) is 28.9 Å². The third-order valence-corrected chi connectivity index (χ3v) is 5.48. The summed E-state index contributed by atoms with van der Waals surface area (Å²) in [6, 6.07) is 0. The van der Waals surface area contributed by atoms with E-state index in [0.717, 1.165) is 30.9 Å². The van der Waals surface area contributed by atoms with E-state index in [9.17, 15) is 4.79 Å². The standard InChI is InChI=1S/C14H18N4OS2.ClH/c19-12(1-2-13-16-7-8-20-13)18-14-17-9-11(21-14)10-3-5-15-6-4-10;/h7-10,15H,1-6H2,(H,17,18,19);1H. The number of rotatable bonds is 5. The van der Waals surface area contributed by atoms with Crippen molar-refractivity contribution in [3.05, 3.63) is 27.7 Å². The Morgan fingerprint density at radius 3 is 2.91 bits per heavy atom. The van der Waals surface area contributed by atoms with Crippen LogP contribution in [0.2, 0.25) is 0 Å². The van der Waals surface area contributed by atoms with Gasteiger partial charge in [0.05, 0.1) is 5.01 Å². The molecule has 0 aromatic carbocycles. The molecule has 0 bridgehead atoms. The fourth-order valence-electron chi connectivity index (χ4n) is 2.42. The molecule has 1 fully saturated rings. The molecule has 0 saturated carbocycles. The third-order valence-electron chi connectivity index (χ3n) is 3.56. The second-order valence-corrected chi connectivity index (χ2v) is 7.11. The molecule has 3 rings (SSSR count). The van der Waals surface area contributed by atoms with Crippen LogP contribution >= 0.6 is 35.1 Å². The van der Waals surface area contributed by atoms with Crippen LogP contribution in [0.3, 0.4) is 0 Å². The monoisotopic (exact) mass is 358 g/mol.